The molecule has 0 saturated carbocycles. The van der Waals surface area contributed by atoms with E-state index in [2.05, 4.69) is 4.90 Å². The highest BCUT2D eigenvalue weighted by molar-refractivity contribution is 5.80. The number of hydrogen-bond acceptors (Lipinski definition) is 3. The minimum absolute atomic E-state index is 0.168. The van der Waals surface area contributed by atoms with Crippen molar-refractivity contribution in [1.82, 2.24) is 14.7 Å². The second kappa shape index (κ2) is 5.56. The molecule has 2 amide bonds. The molecule has 2 fully saturated rings. The summed E-state index contributed by atoms with van der Waals surface area (Å²) >= 11 is 0. The smallest absolute Gasteiger partial charge is 0.323 e. The Morgan fingerprint density at radius 2 is 1.94 bits per heavy atom. The predicted octanol–water partition coefficient (Wildman–Crippen LogP) is 0.293. The molecule has 2 rings (SSSR count). The van der Waals surface area contributed by atoms with E-state index in [9.17, 15) is 9.59 Å². The van der Waals surface area contributed by atoms with Gasteiger partial charge in [0.05, 0.1) is 0 Å². The van der Waals surface area contributed by atoms with Gasteiger partial charge in [0.1, 0.15) is 6.54 Å². The maximum absolute atomic E-state index is 12.0. The average Bonchev–Trinajstić information content (AvgIpc) is 2.97. The summed E-state index contributed by atoms with van der Waals surface area (Å²) in [6.45, 7) is 3.52. The van der Waals surface area contributed by atoms with Gasteiger partial charge in [0.25, 0.3) is 0 Å². The summed E-state index contributed by atoms with van der Waals surface area (Å²) < 4.78 is 0. The number of carboxylic acid groups (broad SMARTS) is 1. The van der Waals surface area contributed by atoms with Gasteiger partial charge >= 0.3 is 12.0 Å². The maximum Gasteiger partial charge on any atom is 0.323 e. The highest BCUT2D eigenvalue weighted by Gasteiger charge is 2.32. The Morgan fingerprint density at radius 3 is 2.56 bits per heavy atom. The van der Waals surface area contributed by atoms with E-state index < -0.39 is 5.97 Å². The number of carbonyl (C=O) groups excluding carboxylic acids is 1. The van der Waals surface area contributed by atoms with Crippen LogP contribution in [0.25, 0.3) is 0 Å². The van der Waals surface area contributed by atoms with Gasteiger partial charge in [0.2, 0.25) is 0 Å². The van der Waals surface area contributed by atoms with Crippen molar-refractivity contribution in [2.75, 3.05) is 39.8 Å². The van der Waals surface area contributed by atoms with Crippen LogP contribution in [-0.2, 0) is 4.79 Å². The van der Waals surface area contributed by atoms with Gasteiger partial charge in [-0.15, -0.1) is 0 Å². The molecule has 2 aliphatic heterocycles. The van der Waals surface area contributed by atoms with Crippen LogP contribution in [0.5, 0.6) is 0 Å². The highest BCUT2D eigenvalue weighted by atomic mass is 16.4. The first-order valence-electron chi connectivity index (χ1n) is 6.54. The topological polar surface area (TPSA) is 64.1 Å². The van der Waals surface area contributed by atoms with Gasteiger partial charge in [0, 0.05) is 26.2 Å². The molecule has 18 heavy (non-hydrogen) atoms. The lowest BCUT2D eigenvalue weighted by Crippen LogP contribution is -2.44. The van der Waals surface area contributed by atoms with Crippen LogP contribution in [-0.4, -0.2) is 77.6 Å². The molecular formula is C12H21N3O3. The standard InChI is InChI=1S/C12H21N3O3/c1-13(9-11(16)17)12(18)15-7-4-10(8-15)14-5-2-3-6-14/h10H,2-9H2,1H3,(H,16,17). The molecule has 1 unspecified atom stereocenters. The minimum Gasteiger partial charge on any atom is -0.480 e. The molecule has 0 spiro atoms. The SMILES string of the molecule is CN(CC(=O)O)C(=O)N1CCC(N2CCCC2)C1. The van der Waals surface area contributed by atoms with E-state index in [1.165, 1.54) is 17.7 Å². The molecule has 6 nitrogen and oxygen atoms in total. The van der Waals surface area contributed by atoms with Gasteiger partial charge < -0.3 is 14.9 Å². The summed E-state index contributed by atoms with van der Waals surface area (Å²) in [6.07, 6.45) is 3.51. The zero-order chi connectivity index (χ0) is 13.1. The Balaban J connectivity index is 1.84. The Labute approximate surface area is 107 Å². The average molecular weight is 255 g/mol. The van der Waals surface area contributed by atoms with Crippen LogP contribution in [0.15, 0.2) is 0 Å². The number of likely N-dealkylation sites (N-methyl/N-ethyl adjacent to an activating group) is 1. The lowest BCUT2D eigenvalue weighted by molar-refractivity contribution is -0.137. The number of carboxylic acids is 1. The lowest BCUT2D eigenvalue weighted by Gasteiger charge is -2.26. The largest absolute Gasteiger partial charge is 0.480 e. The molecule has 0 radical (unpaired) electrons. The third-order valence-corrected chi connectivity index (χ3v) is 3.79. The Bertz CT molecular complexity index is 329. The van der Waals surface area contributed by atoms with Gasteiger partial charge in [0.15, 0.2) is 0 Å². The Hall–Kier alpha value is -1.30. The fraction of sp³-hybridized carbons (Fsp3) is 0.833. The van der Waals surface area contributed by atoms with E-state index in [1.807, 2.05) is 0 Å². The first kappa shape index (κ1) is 13.1. The first-order valence-corrected chi connectivity index (χ1v) is 6.54. The summed E-state index contributed by atoms with van der Waals surface area (Å²) in [5.41, 5.74) is 0. The Morgan fingerprint density at radius 1 is 1.28 bits per heavy atom. The van der Waals surface area contributed by atoms with Crippen LogP contribution >= 0.6 is 0 Å². The molecule has 0 aromatic carbocycles. The molecule has 0 bridgehead atoms. The zero-order valence-corrected chi connectivity index (χ0v) is 10.8. The van der Waals surface area contributed by atoms with Crippen molar-refractivity contribution in [3.05, 3.63) is 0 Å². The summed E-state index contributed by atoms with van der Waals surface area (Å²) in [5.74, 6) is -0.971. The van der Waals surface area contributed by atoms with Gasteiger partial charge in [-0.3, -0.25) is 9.69 Å². The zero-order valence-electron chi connectivity index (χ0n) is 10.8. The third kappa shape index (κ3) is 2.93. The number of hydrogen-bond donors (Lipinski definition) is 1. The van der Waals surface area contributed by atoms with Crippen LogP contribution in [0.4, 0.5) is 4.79 Å². The lowest BCUT2D eigenvalue weighted by atomic mass is 10.2. The van der Waals surface area contributed by atoms with Crippen molar-refractivity contribution >= 4 is 12.0 Å². The first-order chi connectivity index (χ1) is 8.58. The molecule has 0 aromatic rings. The monoisotopic (exact) mass is 255 g/mol. The van der Waals surface area contributed by atoms with Crippen molar-refractivity contribution in [2.24, 2.45) is 0 Å². The van der Waals surface area contributed by atoms with Crippen LogP contribution < -0.4 is 0 Å². The van der Waals surface area contributed by atoms with Crippen molar-refractivity contribution in [2.45, 2.75) is 25.3 Å². The van der Waals surface area contributed by atoms with Gasteiger partial charge in [-0.1, -0.05) is 0 Å². The molecule has 2 heterocycles. The number of carbonyl (C=O) groups is 2. The molecule has 2 aliphatic rings. The van der Waals surface area contributed by atoms with E-state index in [1.54, 1.807) is 11.9 Å². The van der Waals surface area contributed by atoms with Crippen LogP contribution in [0.3, 0.4) is 0 Å². The fourth-order valence-electron chi connectivity index (χ4n) is 2.83. The van der Waals surface area contributed by atoms with Crippen molar-refractivity contribution < 1.29 is 14.7 Å². The number of aliphatic carboxylic acids is 1. The van der Waals surface area contributed by atoms with Gasteiger partial charge in [-0.25, -0.2) is 4.79 Å². The molecule has 6 heteroatoms. The van der Waals surface area contributed by atoms with Crippen molar-refractivity contribution in [3.8, 4) is 0 Å². The molecular weight excluding hydrogens is 234 g/mol. The summed E-state index contributed by atoms with van der Waals surface area (Å²) in [7, 11) is 1.54. The number of amides is 2. The normalized spacial score (nSPS) is 24.5. The highest BCUT2D eigenvalue weighted by Crippen LogP contribution is 2.20. The summed E-state index contributed by atoms with van der Waals surface area (Å²) in [5, 5.41) is 8.68. The number of rotatable bonds is 3. The third-order valence-electron chi connectivity index (χ3n) is 3.79. The molecule has 1 N–H and O–H groups in total. The van der Waals surface area contributed by atoms with E-state index in [-0.39, 0.29) is 12.6 Å². The van der Waals surface area contributed by atoms with Crippen LogP contribution in [0.2, 0.25) is 0 Å². The van der Waals surface area contributed by atoms with Crippen molar-refractivity contribution in [3.63, 3.8) is 0 Å². The minimum atomic E-state index is -0.971. The fourth-order valence-corrected chi connectivity index (χ4v) is 2.83. The quantitative estimate of drug-likeness (QED) is 0.787. The predicted molar refractivity (Wildman–Crippen MR) is 66.4 cm³/mol. The number of likely N-dealkylation sites (tertiary alicyclic amines) is 2. The summed E-state index contributed by atoms with van der Waals surface area (Å²) in [4.78, 5) is 28.1. The molecule has 2 saturated heterocycles. The second-order valence-corrected chi connectivity index (χ2v) is 5.16. The number of urea groups is 1. The van der Waals surface area contributed by atoms with Crippen molar-refractivity contribution in [1.29, 1.82) is 0 Å². The van der Waals surface area contributed by atoms with E-state index in [0.29, 0.717) is 6.04 Å². The van der Waals surface area contributed by atoms with Gasteiger partial charge in [-0.05, 0) is 32.4 Å². The molecule has 0 aromatic heterocycles. The van der Waals surface area contributed by atoms with E-state index >= 15 is 0 Å². The Kier molecular flexibility index (Phi) is 4.06. The molecule has 1 atom stereocenters. The number of nitrogens with zero attached hydrogens (tertiary/aromatic N) is 3. The summed E-state index contributed by atoms with van der Waals surface area (Å²) in [6, 6.07) is 0.300. The van der Waals surface area contributed by atoms with E-state index in [0.717, 1.165) is 32.6 Å². The van der Waals surface area contributed by atoms with Gasteiger partial charge in [-0.2, -0.15) is 0 Å². The van der Waals surface area contributed by atoms with Crippen LogP contribution in [0.1, 0.15) is 19.3 Å². The molecule has 102 valence electrons. The van der Waals surface area contributed by atoms with Crippen LogP contribution in [0, 0.1) is 0 Å². The van der Waals surface area contributed by atoms with E-state index in [4.69, 9.17) is 5.11 Å². The molecule has 0 aliphatic carbocycles. The second-order valence-electron chi connectivity index (χ2n) is 5.16. The maximum atomic E-state index is 12.0.